The largest absolute Gasteiger partial charge is 0.493 e. The first-order chi connectivity index (χ1) is 14.1. The number of aromatic nitrogens is 2. The molecule has 1 aliphatic heterocycles. The molecule has 7 heteroatoms. The molecule has 0 spiro atoms. The van der Waals surface area contributed by atoms with Crippen LogP contribution < -0.4 is 14.8 Å². The highest BCUT2D eigenvalue weighted by molar-refractivity contribution is 5.94. The highest BCUT2D eigenvalue weighted by Gasteiger charge is 2.35. The molecule has 1 atom stereocenters. The van der Waals surface area contributed by atoms with E-state index in [0.717, 1.165) is 16.6 Å². The molecule has 1 N–H and O–H groups in total. The zero-order chi connectivity index (χ0) is 20.5. The average Bonchev–Trinajstić information content (AvgIpc) is 3.10. The number of imidazole rings is 1. The number of fused-ring (bicyclic) bond motifs is 3. The summed E-state index contributed by atoms with van der Waals surface area (Å²) in [5.41, 5.74) is 3.86. The minimum Gasteiger partial charge on any atom is -0.493 e. The van der Waals surface area contributed by atoms with Crippen molar-refractivity contribution in [2.45, 2.75) is 19.9 Å². The predicted molar refractivity (Wildman–Crippen MR) is 110 cm³/mol. The minimum absolute atomic E-state index is 0.392. The molecule has 1 aliphatic rings. The Balaban J connectivity index is 1.96. The van der Waals surface area contributed by atoms with Gasteiger partial charge in [-0.3, -0.25) is 4.57 Å². The quantitative estimate of drug-likeness (QED) is 0.663. The highest BCUT2D eigenvalue weighted by atomic mass is 16.5. The molecular formula is C22H23N3O4. The summed E-state index contributed by atoms with van der Waals surface area (Å²) >= 11 is 0. The summed E-state index contributed by atoms with van der Waals surface area (Å²) in [6.45, 7) is 4.31. The van der Waals surface area contributed by atoms with Crippen molar-refractivity contribution in [1.29, 1.82) is 0 Å². The fraction of sp³-hybridized carbons (Fsp3) is 0.273. The molecule has 0 bridgehead atoms. The molecule has 2 aromatic carbocycles. The van der Waals surface area contributed by atoms with Crippen LogP contribution >= 0.6 is 0 Å². The van der Waals surface area contributed by atoms with Crippen LogP contribution in [-0.2, 0) is 9.53 Å². The van der Waals surface area contributed by atoms with Crippen molar-refractivity contribution in [3.05, 3.63) is 59.3 Å². The van der Waals surface area contributed by atoms with E-state index in [1.807, 2.05) is 60.9 Å². The summed E-state index contributed by atoms with van der Waals surface area (Å²) in [6, 6.07) is 13.1. The third-order valence-electron chi connectivity index (χ3n) is 5.04. The first-order valence-corrected chi connectivity index (χ1v) is 9.42. The second-order valence-corrected chi connectivity index (χ2v) is 6.70. The normalized spacial score (nSPS) is 15.7. The number of carbonyl (C=O) groups is 1. The number of hydrogen-bond donors (Lipinski definition) is 1. The topological polar surface area (TPSA) is 74.6 Å². The minimum atomic E-state index is -0.421. The van der Waals surface area contributed by atoms with E-state index >= 15 is 0 Å². The summed E-state index contributed by atoms with van der Waals surface area (Å²) in [6.07, 6.45) is 0. The number of hydrogen-bond acceptors (Lipinski definition) is 6. The molecule has 0 saturated heterocycles. The monoisotopic (exact) mass is 393 g/mol. The lowest BCUT2D eigenvalue weighted by Crippen LogP contribution is -2.28. The van der Waals surface area contributed by atoms with Crippen LogP contribution in [-0.4, -0.2) is 36.3 Å². The number of carbonyl (C=O) groups excluding carboxylic acids is 1. The Hall–Kier alpha value is -3.48. The van der Waals surface area contributed by atoms with Crippen molar-refractivity contribution in [2.24, 2.45) is 0 Å². The van der Waals surface area contributed by atoms with Gasteiger partial charge in [0.25, 0.3) is 0 Å². The lowest BCUT2D eigenvalue weighted by Gasteiger charge is -2.30. The van der Waals surface area contributed by atoms with Gasteiger partial charge < -0.3 is 19.5 Å². The number of nitrogens with one attached hydrogen (secondary N) is 1. The first kappa shape index (κ1) is 18.9. The number of anilines is 1. The lowest BCUT2D eigenvalue weighted by atomic mass is 9.94. The van der Waals surface area contributed by atoms with E-state index in [1.165, 1.54) is 7.11 Å². The molecule has 4 rings (SSSR count). The maximum atomic E-state index is 12.7. The van der Waals surface area contributed by atoms with Crippen LogP contribution in [0.25, 0.3) is 11.0 Å². The summed E-state index contributed by atoms with van der Waals surface area (Å²) in [5, 5.41) is 3.25. The van der Waals surface area contributed by atoms with Crippen molar-refractivity contribution in [3.8, 4) is 11.5 Å². The zero-order valence-corrected chi connectivity index (χ0v) is 16.9. The SMILES string of the molecule is CCOc1ccc(C2C(C(=O)OC)=C(C)Nc3nc4ccccc4n32)cc1OC. The standard InChI is InChI=1S/C22H23N3O4/c1-5-29-17-11-10-14(12-18(17)27-3)20-19(21(26)28-4)13(2)23-22-24-15-8-6-7-9-16(15)25(20)22/h6-12,20H,5H2,1-4H3,(H,23,24). The van der Waals surface area contributed by atoms with E-state index in [2.05, 4.69) is 5.32 Å². The average molecular weight is 393 g/mol. The maximum absolute atomic E-state index is 12.7. The maximum Gasteiger partial charge on any atom is 0.337 e. The molecule has 1 aromatic heterocycles. The second kappa shape index (κ2) is 7.50. The summed E-state index contributed by atoms with van der Waals surface area (Å²) in [4.78, 5) is 17.4. The van der Waals surface area contributed by atoms with Gasteiger partial charge in [0, 0.05) is 5.70 Å². The first-order valence-electron chi connectivity index (χ1n) is 9.42. The third-order valence-corrected chi connectivity index (χ3v) is 5.04. The molecule has 0 fully saturated rings. The highest BCUT2D eigenvalue weighted by Crippen LogP contribution is 2.41. The molecule has 150 valence electrons. The van der Waals surface area contributed by atoms with E-state index < -0.39 is 12.0 Å². The molecule has 3 aromatic rings. The van der Waals surface area contributed by atoms with Crippen LogP contribution in [0.3, 0.4) is 0 Å². The van der Waals surface area contributed by atoms with Crippen LogP contribution in [0.1, 0.15) is 25.5 Å². The molecule has 0 amide bonds. The zero-order valence-electron chi connectivity index (χ0n) is 16.9. The van der Waals surface area contributed by atoms with Gasteiger partial charge in [-0.05, 0) is 43.7 Å². The van der Waals surface area contributed by atoms with E-state index in [4.69, 9.17) is 19.2 Å². The number of allylic oxidation sites excluding steroid dienone is 1. The molecule has 2 heterocycles. The summed E-state index contributed by atoms with van der Waals surface area (Å²) in [7, 11) is 2.99. The fourth-order valence-electron chi connectivity index (χ4n) is 3.78. The van der Waals surface area contributed by atoms with Gasteiger partial charge in [-0.15, -0.1) is 0 Å². The van der Waals surface area contributed by atoms with Gasteiger partial charge in [0.2, 0.25) is 5.95 Å². The number of benzene rings is 2. The van der Waals surface area contributed by atoms with E-state index in [9.17, 15) is 4.79 Å². The Bertz CT molecular complexity index is 1120. The van der Waals surface area contributed by atoms with Crippen molar-refractivity contribution >= 4 is 23.0 Å². The number of rotatable bonds is 5. The molecule has 1 unspecified atom stereocenters. The molecule has 7 nitrogen and oxygen atoms in total. The van der Waals surface area contributed by atoms with Crippen molar-refractivity contribution in [2.75, 3.05) is 26.1 Å². The van der Waals surface area contributed by atoms with Gasteiger partial charge in [0.15, 0.2) is 11.5 Å². The van der Waals surface area contributed by atoms with E-state index in [0.29, 0.717) is 35.3 Å². The van der Waals surface area contributed by atoms with Crippen LogP contribution in [0.5, 0.6) is 11.5 Å². The molecule has 0 saturated carbocycles. The molecule has 0 aliphatic carbocycles. The number of para-hydroxylation sites is 2. The smallest absolute Gasteiger partial charge is 0.337 e. The van der Waals surface area contributed by atoms with Gasteiger partial charge >= 0.3 is 5.97 Å². The van der Waals surface area contributed by atoms with E-state index in [1.54, 1.807) is 7.11 Å². The van der Waals surface area contributed by atoms with Gasteiger partial charge in [-0.2, -0.15) is 0 Å². The molecule has 0 radical (unpaired) electrons. The summed E-state index contributed by atoms with van der Waals surface area (Å²) in [5.74, 6) is 1.55. The number of ether oxygens (including phenoxy) is 3. The van der Waals surface area contributed by atoms with Gasteiger partial charge in [0.05, 0.1) is 43.5 Å². The Morgan fingerprint density at radius 1 is 1.17 bits per heavy atom. The van der Waals surface area contributed by atoms with Crippen molar-refractivity contribution in [1.82, 2.24) is 9.55 Å². The van der Waals surface area contributed by atoms with Crippen molar-refractivity contribution < 1.29 is 19.0 Å². The Kier molecular flexibility index (Phi) is 4.88. The summed E-state index contributed by atoms with van der Waals surface area (Å²) < 4.78 is 18.3. The van der Waals surface area contributed by atoms with Crippen LogP contribution in [0.15, 0.2) is 53.7 Å². The van der Waals surface area contributed by atoms with Gasteiger partial charge in [-0.25, -0.2) is 9.78 Å². The fourth-order valence-corrected chi connectivity index (χ4v) is 3.78. The Morgan fingerprint density at radius 3 is 2.69 bits per heavy atom. The number of nitrogens with zero attached hydrogens (tertiary/aromatic N) is 2. The van der Waals surface area contributed by atoms with Crippen LogP contribution in [0.2, 0.25) is 0 Å². The van der Waals surface area contributed by atoms with Crippen molar-refractivity contribution in [3.63, 3.8) is 0 Å². The van der Waals surface area contributed by atoms with Gasteiger partial charge in [0.1, 0.15) is 0 Å². The Labute approximate surface area is 168 Å². The van der Waals surface area contributed by atoms with Crippen LogP contribution in [0.4, 0.5) is 5.95 Å². The number of esters is 1. The molecular weight excluding hydrogens is 370 g/mol. The van der Waals surface area contributed by atoms with Gasteiger partial charge in [-0.1, -0.05) is 18.2 Å². The lowest BCUT2D eigenvalue weighted by molar-refractivity contribution is -0.136. The third kappa shape index (κ3) is 3.08. The van der Waals surface area contributed by atoms with E-state index in [-0.39, 0.29) is 0 Å². The predicted octanol–water partition coefficient (Wildman–Crippen LogP) is 3.91. The second-order valence-electron chi connectivity index (χ2n) is 6.70. The Morgan fingerprint density at radius 2 is 1.97 bits per heavy atom. The number of methoxy groups -OCH3 is 2. The molecule has 29 heavy (non-hydrogen) atoms. The van der Waals surface area contributed by atoms with Crippen LogP contribution in [0, 0.1) is 0 Å².